The van der Waals surface area contributed by atoms with Gasteiger partial charge in [0.05, 0.1) is 0 Å². The molecule has 0 aromatic heterocycles. The molecule has 0 amide bonds. The quantitative estimate of drug-likeness (QED) is 0.431. The van der Waals surface area contributed by atoms with Gasteiger partial charge in [-0.1, -0.05) is 11.5 Å². The van der Waals surface area contributed by atoms with Crippen LogP contribution in [0.3, 0.4) is 0 Å². The summed E-state index contributed by atoms with van der Waals surface area (Å²) in [4.78, 5) is 10.6. The summed E-state index contributed by atoms with van der Waals surface area (Å²) in [6.45, 7) is 3.56. The average Bonchev–Trinajstić information content (AvgIpc) is 2.34. The van der Waals surface area contributed by atoms with Gasteiger partial charge in [0.25, 0.3) is 0 Å². The van der Waals surface area contributed by atoms with E-state index in [4.69, 9.17) is 9.47 Å². The van der Waals surface area contributed by atoms with Gasteiger partial charge in [0, 0.05) is 18.2 Å². The molecule has 0 radical (unpaired) electrons. The lowest BCUT2D eigenvalue weighted by Crippen LogP contribution is -2.00. The van der Waals surface area contributed by atoms with Gasteiger partial charge in [0.2, 0.25) is 0 Å². The average molecular weight is 216 g/mol. The van der Waals surface area contributed by atoms with Crippen LogP contribution in [0.15, 0.2) is 36.2 Å². The van der Waals surface area contributed by atoms with Gasteiger partial charge in [-0.2, -0.15) is 0 Å². The van der Waals surface area contributed by atoms with E-state index < -0.39 is 0 Å². The van der Waals surface area contributed by atoms with E-state index in [9.17, 15) is 4.79 Å². The summed E-state index contributed by atoms with van der Waals surface area (Å²) in [5.74, 6) is 0.621. The third-order valence-electron chi connectivity index (χ3n) is 1.83. The maximum atomic E-state index is 10.6. The zero-order chi connectivity index (χ0) is 11.8. The Balaban J connectivity index is 3.10. The molecule has 0 aliphatic heterocycles. The van der Waals surface area contributed by atoms with E-state index in [0.29, 0.717) is 11.3 Å². The number of carbonyl (C=O) groups excluding carboxylic acids is 1. The van der Waals surface area contributed by atoms with E-state index in [1.807, 2.05) is 0 Å². The van der Waals surface area contributed by atoms with Gasteiger partial charge in [-0.05, 0) is 30.9 Å². The first kappa shape index (κ1) is 12.0. The topological polar surface area (TPSA) is 35.5 Å². The van der Waals surface area contributed by atoms with Crippen LogP contribution in [-0.2, 0) is 4.74 Å². The van der Waals surface area contributed by atoms with Crippen LogP contribution in [0.5, 0.6) is 5.75 Å². The molecule has 3 heteroatoms. The van der Waals surface area contributed by atoms with E-state index in [1.54, 1.807) is 31.4 Å². The SMILES string of the molecule is C=C=C=Cc1cc(C=O)ccc1OCOC. The van der Waals surface area contributed by atoms with Gasteiger partial charge in [0.1, 0.15) is 12.0 Å². The van der Waals surface area contributed by atoms with E-state index >= 15 is 0 Å². The van der Waals surface area contributed by atoms with Crippen molar-refractivity contribution in [2.24, 2.45) is 0 Å². The fourth-order valence-electron chi connectivity index (χ4n) is 1.14. The molecule has 0 fully saturated rings. The number of ether oxygens (including phenoxy) is 2. The van der Waals surface area contributed by atoms with Crippen LogP contribution in [0.2, 0.25) is 0 Å². The summed E-state index contributed by atoms with van der Waals surface area (Å²) >= 11 is 0. The van der Waals surface area contributed by atoms with Crippen molar-refractivity contribution in [2.45, 2.75) is 0 Å². The summed E-state index contributed by atoms with van der Waals surface area (Å²) in [5, 5.41) is 0. The Hall–Kier alpha value is -2.05. The predicted molar refractivity (Wildman–Crippen MR) is 61.5 cm³/mol. The van der Waals surface area contributed by atoms with Crippen LogP contribution in [-0.4, -0.2) is 20.2 Å². The molecule has 0 saturated carbocycles. The minimum absolute atomic E-state index is 0.152. The molecule has 0 bridgehead atoms. The van der Waals surface area contributed by atoms with E-state index in [0.717, 1.165) is 11.8 Å². The molecule has 3 nitrogen and oxygen atoms in total. The molecule has 0 aliphatic rings. The van der Waals surface area contributed by atoms with Gasteiger partial charge in [-0.25, -0.2) is 0 Å². The molecule has 1 rings (SSSR count). The molecule has 0 N–H and O–H groups in total. The molecule has 0 saturated heterocycles. The van der Waals surface area contributed by atoms with E-state index in [1.165, 1.54) is 0 Å². The molecule has 0 unspecified atom stereocenters. The summed E-state index contributed by atoms with van der Waals surface area (Å²) < 4.78 is 10.1. The highest BCUT2D eigenvalue weighted by Crippen LogP contribution is 2.20. The number of hydrogen-bond donors (Lipinski definition) is 0. The molecule has 0 atom stereocenters. The van der Waals surface area contributed by atoms with Crippen molar-refractivity contribution in [3.05, 3.63) is 47.4 Å². The minimum Gasteiger partial charge on any atom is -0.467 e. The van der Waals surface area contributed by atoms with Gasteiger partial charge in [0.15, 0.2) is 6.79 Å². The van der Waals surface area contributed by atoms with Gasteiger partial charge in [-0.3, -0.25) is 4.79 Å². The predicted octanol–water partition coefficient (Wildman–Crippen LogP) is 2.43. The van der Waals surface area contributed by atoms with Crippen LogP contribution in [0.25, 0.3) is 6.08 Å². The third-order valence-corrected chi connectivity index (χ3v) is 1.83. The van der Waals surface area contributed by atoms with Crippen molar-refractivity contribution in [2.75, 3.05) is 13.9 Å². The monoisotopic (exact) mass is 216 g/mol. The van der Waals surface area contributed by atoms with E-state index in [2.05, 4.69) is 18.0 Å². The van der Waals surface area contributed by atoms with Crippen molar-refractivity contribution in [3.8, 4) is 5.75 Å². The first-order valence-electron chi connectivity index (χ1n) is 4.63. The molecule has 0 spiro atoms. The maximum Gasteiger partial charge on any atom is 0.188 e. The summed E-state index contributed by atoms with van der Waals surface area (Å²) in [6, 6.07) is 5.08. The van der Waals surface area contributed by atoms with Crippen molar-refractivity contribution < 1.29 is 14.3 Å². The van der Waals surface area contributed by atoms with Crippen LogP contribution >= 0.6 is 0 Å². The van der Waals surface area contributed by atoms with E-state index in [-0.39, 0.29) is 6.79 Å². The molecule has 16 heavy (non-hydrogen) atoms. The Morgan fingerprint density at radius 1 is 1.50 bits per heavy atom. The first-order valence-corrected chi connectivity index (χ1v) is 4.63. The van der Waals surface area contributed by atoms with Crippen molar-refractivity contribution in [1.82, 2.24) is 0 Å². The zero-order valence-electron chi connectivity index (χ0n) is 9.03. The van der Waals surface area contributed by atoms with Gasteiger partial charge >= 0.3 is 0 Å². The number of benzene rings is 1. The number of hydrogen-bond acceptors (Lipinski definition) is 3. The molecule has 1 aromatic carbocycles. The number of methoxy groups -OCH3 is 1. The Kier molecular flexibility index (Phi) is 4.84. The normalized spacial score (nSPS) is 8.81. The second-order valence-electron chi connectivity index (χ2n) is 2.93. The Morgan fingerprint density at radius 2 is 2.31 bits per heavy atom. The largest absolute Gasteiger partial charge is 0.467 e. The van der Waals surface area contributed by atoms with Crippen molar-refractivity contribution in [3.63, 3.8) is 0 Å². The highest BCUT2D eigenvalue weighted by molar-refractivity contribution is 5.77. The lowest BCUT2D eigenvalue weighted by molar-refractivity contribution is 0.0510. The third kappa shape index (κ3) is 3.26. The maximum absolute atomic E-state index is 10.6. The van der Waals surface area contributed by atoms with Crippen molar-refractivity contribution >= 4 is 12.4 Å². The molecule has 0 aliphatic carbocycles. The minimum atomic E-state index is 0.152. The summed E-state index contributed by atoms with van der Waals surface area (Å²) in [6.07, 6.45) is 2.42. The van der Waals surface area contributed by atoms with Crippen LogP contribution in [0.4, 0.5) is 0 Å². The van der Waals surface area contributed by atoms with Crippen LogP contribution < -0.4 is 4.74 Å². The fraction of sp³-hybridized carbons (Fsp3) is 0.154. The Bertz CT molecular complexity index is 450. The molecular formula is C13H12O3. The van der Waals surface area contributed by atoms with Crippen LogP contribution in [0, 0.1) is 0 Å². The first-order chi connectivity index (χ1) is 7.81. The molecule has 1 aromatic rings. The zero-order valence-corrected chi connectivity index (χ0v) is 9.03. The lowest BCUT2D eigenvalue weighted by Gasteiger charge is -2.07. The summed E-state index contributed by atoms with van der Waals surface area (Å²) in [5.41, 5.74) is 6.52. The smallest absolute Gasteiger partial charge is 0.188 e. The second kappa shape index (κ2) is 6.44. The molecular weight excluding hydrogens is 204 g/mol. The lowest BCUT2D eigenvalue weighted by atomic mass is 10.1. The van der Waals surface area contributed by atoms with Crippen LogP contribution in [0.1, 0.15) is 15.9 Å². The van der Waals surface area contributed by atoms with Gasteiger partial charge in [-0.15, -0.1) is 0 Å². The standard InChI is InChI=1S/C13H12O3/c1-3-4-5-12-8-11(9-14)6-7-13(12)16-10-15-2/h5-9H,1,10H2,2H3. The Morgan fingerprint density at radius 3 is 2.94 bits per heavy atom. The number of rotatable bonds is 5. The van der Waals surface area contributed by atoms with Gasteiger partial charge < -0.3 is 9.47 Å². The van der Waals surface area contributed by atoms with Crippen molar-refractivity contribution in [1.29, 1.82) is 0 Å². The fourth-order valence-corrected chi connectivity index (χ4v) is 1.14. The second-order valence-corrected chi connectivity index (χ2v) is 2.93. The summed E-state index contributed by atoms with van der Waals surface area (Å²) in [7, 11) is 1.54. The highest BCUT2D eigenvalue weighted by Gasteiger charge is 2.02. The highest BCUT2D eigenvalue weighted by atomic mass is 16.7. The number of aldehydes is 1. The molecule has 82 valence electrons. The molecule has 0 heterocycles. The Labute approximate surface area is 94.3 Å². The number of carbonyl (C=O) groups is 1.